The average Bonchev–Trinajstić information content (AvgIpc) is 2.83. The summed E-state index contributed by atoms with van der Waals surface area (Å²) in [4.78, 5) is 24.1. The summed E-state index contributed by atoms with van der Waals surface area (Å²) in [5.74, 6) is -0.990. The highest BCUT2D eigenvalue weighted by Crippen LogP contribution is 2.25. The van der Waals surface area contributed by atoms with Crippen LogP contribution in [0.25, 0.3) is 10.6 Å². The van der Waals surface area contributed by atoms with E-state index in [1.54, 1.807) is 22.0 Å². The van der Waals surface area contributed by atoms with Gasteiger partial charge in [-0.3, -0.25) is 9.59 Å². The molecule has 0 amide bonds. The summed E-state index contributed by atoms with van der Waals surface area (Å²) in [6.07, 6.45) is -0.240. The fraction of sp³-hybridized carbons (Fsp3) is 0.286. The van der Waals surface area contributed by atoms with Crippen LogP contribution >= 0.6 is 11.3 Å². The SMILES string of the molecule is CC(C)n1c(-c2cccs2)ccc(CC(=O)O)c1=O. The molecule has 0 unspecified atom stereocenters. The first-order valence-corrected chi connectivity index (χ1v) is 6.88. The Morgan fingerprint density at radius 3 is 2.63 bits per heavy atom. The first kappa shape index (κ1) is 13.5. The topological polar surface area (TPSA) is 59.3 Å². The summed E-state index contributed by atoms with van der Waals surface area (Å²) in [5.41, 5.74) is 0.939. The molecule has 0 bridgehead atoms. The van der Waals surface area contributed by atoms with E-state index in [4.69, 9.17) is 5.11 Å². The van der Waals surface area contributed by atoms with Crippen molar-refractivity contribution < 1.29 is 9.90 Å². The van der Waals surface area contributed by atoms with Crippen molar-refractivity contribution in [1.82, 2.24) is 4.57 Å². The highest BCUT2D eigenvalue weighted by Gasteiger charge is 2.15. The summed E-state index contributed by atoms with van der Waals surface area (Å²) in [7, 11) is 0. The van der Waals surface area contributed by atoms with Crippen molar-refractivity contribution in [2.75, 3.05) is 0 Å². The van der Waals surface area contributed by atoms with Gasteiger partial charge in [0, 0.05) is 11.6 Å². The van der Waals surface area contributed by atoms with E-state index < -0.39 is 5.97 Å². The zero-order chi connectivity index (χ0) is 14.0. The number of aromatic nitrogens is 1. The number of carbonyl (C=O) groups is 1. The Morgan fingerprint density at radius 1 is 1.37 bits per heavy atom. The van der Waals surface area contributed by atoms with Gasteiger partial charge in [0.25, 0.3) is 5.56 Å². The van der Waals surface area contributed by atoms with Gasteiger partial charge in [-0.25, -0.2) is 0 Å². The second kappa shape index (κ2) is 5.40. The fourth-order valence-electron chi connectivity index (χ4n) is 2.03. The summed E-state index contributed by atoms with van der Waals surface area (Å²) in [6, 6.07) is 7.31. The van der Waals surface area contributed by atoms with Gasteiger partial charge < -0.3 is 9.67 Å². The first-order valence-electron chi connectivity index (χ1n) is 6.00. The standard InChI is InChI=1S/C14H15NO3S/c1-9(2)15-11(12-4-3-7-19-12)6-5-10(14(15)18)8-13(16)17/h3-7,9H,8H2,1-2H3,(H,16,17). The van der Waals surface area contributed by atoms with E-state index in [9.17, 15) is 9.59 Å². The molecule has 0 spiro atoms. The molecule has 0 aliphatic carbocycles. The van der Waals surface area contributed by atoms with Gasteiger partial charge in [0.1, 0.15) is 0 Å². The number of nitrogens with zero attached hydrogens (tertiary/aromatic N) is 1. The van der Waals surface area contributed by atoms with Crippen LogP contribution in [0.2, 0.25) is 0 Å². The Bertz CT molecular complexity index is 641. The molecule has 0 atom stereocenters. The van der Waals surface area contributed by atoms with Gasteiger partial charge in [0.2, 0.25) is 0 Å². The molecule has 0 aliphatic rings. The lowest BCUT2D eigenvalue weighted by Crippen LogP contribution is -2.27. The smallest absolute Gasteiger partial charge is 0.308 e. The zero-order valence-electron chi connectivity index (χ0n) is 10.8. The Hall–Kier alpha value is -1.88. The molecular formula is C14H15NO3S. The van der Waals surface area contributed by atoms with Crippen molar-refractivity contribution in [1.29, 1.82) is 0 Å². The van der Waals surface area contributed by atoms with Gasteiger partial charge in [0.05, 0.1) is 17.0 Å². The predicted molar refractivity (Wildman–Crippen MR) is 75.7 cm³/mol. The number of pyridine rings is 1. The van der Waals surface area contributed by atoms with E-state index in [1.165, 1.54) is 0 Å². The maximum Gasteiger partial charge on any atom is 0.308 e. The summed E-state index contributed by atoms with van der Waals surface area (Å²) < 4.78 is 1.66. The number of hydrogen-bond donors (Lipinski definition) is 1. The van der Waals surface area contributed by atoms with Crippen LogP contribution in [-0.2, 0) is 11.2 Å². The number of rotatable bonds is 4. The van der Waals surface area contributed by atoms with Gasteiger partial charge in [-0.05, 0) is 31.4 Å². The molecule has 0 aliphatic heterocycles. The van der Waals surface area contributed by atoms with Crippen molar-refractivity contribution in [3.05, 3.63) is 45.6 Å². The molecule has 0 fully saturated rings. The van der Waals surface area contributed by atoms with Crippen LogP contribution in [0.5, 0.6) is 0 Å². The maximum atomic E-state index is 12.4. The van der Waals surface area contributed by atoms with Crippen LogP contribution in [0.3, 0.4) is 0 Å². The Morgan fingerprint density at radius 2 is 2.11 bits per heavy atom. The minimum absolute atomic E-state index is 0.0154. The minimum Gasteiger partial charge on any atom is -0.481 e. The van der Waals surface area contributed by atoms with E-state index in [1.807, 2.05) is 37.4 Å². The number of carboxylic acid groups (broad SMARTS) is 1. The van der Waals surface area contributed by atoms with Gasteiger partial charge in [0.15, 0.2) is 0 Å². The minimum atomic E-state index is -0.990. The molecule has 4 nitrogen and oxygen atoms in total. The van der Waals surface area contributed by atoms with Gasteiger partial charge >= 0.3 is 5.97 Å². The maximum absolute atomic E-state index is 12.4. The highest BCUT2D eigenvalue weighted by molar-refractivity contribution is 7.13. The molecule has 2 rings (SSSR count). The van der Waals surface area contributed by atoms with E-state index in [2.05, 4.69) is 0 Å². The van der Waals surface area contributed by atoms with Crippen LogP contribution in [0.15, 0.2) is 34.4 Å². The molecule has 0 radical (unpaired) electrons. The molecule has 0 aromatic carbocycles. The fourth-order valence-corrected chi connectivity index (χ4v) is 2.78. The normalized spacial score (nSPS) is 10.9. The Kier molecular flexibility index (Phi) is 3.85. The molecule has 2 aromatic rings. The molecule has 19 heavy (non-hydrogen) atoms. The van der Waals surface area contributed by atoms with Crippen molar-refractivity contribution >= 4 is 17.3 Å². The summed E-state index contributed by atoms with van der Waals surface area (Å²) >= 11 is 1.56. The third-order valence-corrected chi connectivity index (χ3v) is 3.72. The molecule has 0 saturated heterocycles. The lowest BCUT2D eigenvalue weighted by atomic mass is 10.1. The second-order valence-electron chi connectivity index (χ2n) is 4.56. The van der Waals surface area contributed by atoms with Crippen LogP contribution in [-0.4, -0.2) is 15.6 Å². The third-order valence-electron chi connectivity index (χ3n) is 2.83. The van der Waals surface area contributed by atoms with Crippen LogP contribution in [0.4, 0.5) is 0 Å². The molecule has 100 valence electrons. The largest absolute Gasteiger partial charge is 0.481 e. The van der Waals surface area contributed by atoms with E-state index in [-0.39, 0.29) is 18.0 Å². The summed E-state index contributed by atoms with van der Waals surface area (Å²) in [5, 5.41) is 10.8. The number of aliphatic carboxylic acids is 1. The Labute approximate surface area is 115 Å². The molecule has 0 saturated carbocycles. The molecule has 5 heteroatoms. The van der Waals surface area contributed by atoms with E-state index in [0.29, 0.717) is 5.56 Å². The quantitative estimate of drug-likeness (QED) is 0.934. The number of thiophene rings is 1. The number of carboxylic acids is 1. The first-order chi connectivity index (χ1) is 9.00. The van der Waals surface area contributed by atoms with Gasteiger partial charge in [-0.15, -0.1) is 11.3 Å². The highest BCUT2D eigenvalue weighted by atomic mass is 32.1. The zero-order valence-corrected chi connectivity index (χ0v) is 11.6. The Balaban J connectivity index is 2.61. The average molecular weight is 277 g/mol. The van der Waals surface area contributed by atoms with Gasteiger partial charge in [-0.2, -0.15) is 0 Å². The molecule has 2 aromatic heterocycles. The monoisotopic (exact) mass is 277 g/mol. The molecular weight excluding hydrogens is 262 g/mol. The summed E-state index contributed by atoms with van der Waals surface area (Å²) in [6.45, 7) is 3.84. The van der Waals surface area contributed by atoms with Crippen LogP contribution in [0, 0.1) is 0 Å². The van der Waals surface area contributed by atoms with E-state index in [0.717, 1.165) is 10.6 Å². The lowest BCUT2D eigenvalue weighted by Gasteiger charge is -2.16. The number of hydrogen-bond acceptors (Lipinski definition) is 3. The van der Waals surface area contributed by atoms with E-state index >= 15 is 0 Å². The van der Waals surface area contributed by atoms with Crippen molar-refractivity contribution in [2.24, 2.45) is 0 Å². The third kappa shape index (κ3) is 2.76. The van der Waals surface area contributed by atoms with Crippen molar-refractivity contribution in [3.63, 3.8) is 0 Å². The second-order valence-corrected chi connectivity index (χ2v) is 5.51. The molecule has 1 N–H and O–H groups in total. The van der Waals surface area contributed by atoms with Crippen molar-refractivity contribution in [2.45, 2.75) is 26.3 Å². The van der Waals surface area contributed by atoms with Gasteiger partial charge in [-0.1, -0.05) is 12.1 Å². The van der Waals surface area contributed by atoms with Crippen LogP contribution < -0.4 is 5.56 Å². The van der Waals surface area contributed by atoms with Crippen LogP contribution in [0.1, 0.15) is 25.5 Å². The molecule has 2 heterocycles. The van der Waals surface area contributed by atoms with Crippen molar-refractivity contribution in [3.8, 4) is 10.6 Å². The lowest BCUT2D eigenvalue weighted by molar-refractivity contribution is -0.136. The predicted octanol–water partition coefficient (Wildman–Crippen LogP) is 2.78.